The first kappa shape index (κ1) is 25.7. The number of unbranched alkanes of at least 4 members (excludes halogenated alkanes) is 4. The van der Waals surface area contributed by atoms with Gasteiger partial charge in [0.05, 0.1) is 0 Å². The molecule has 0 radical (unpaired) electrons. The van der Waals surface area contributed by atoms with E-state index in [0.29, 0.717) is 24.7 Å². The minimum absolute atomic E-state index is 0.159. The van der Waals surface area contributed by atoms with Gasteiger partial charge in [-0.1, -0.05) is 50.7 Å². The molecule has 170 valence electrons. The van der Waals surface area contributed by atoms with E-state index in [0.717, 1.165) is 51.4 Å². The summed E-state index contributed by atoms with van der Waals surface area (Å²) in [4.78, 5) is 43.6. The molecule has 0 aromatic heterocycles. The van der Waals surface area contributed by atoms with Gasteiger partial charge in [-0.3, -0.25) is 19.2 Å². The topological polar surface area (TPSA) is 149 Å². The first-order valence-corrected chi connectivity index (χ1v) is 10.8. The Morgan fingerprint density at radius 1 is 0.600 bits per heavy atom. The number of carbonyl (C=O) groups is 4. The molecule has 0 heterocycles. The normalized spacial score (nSPS) is 18.6. The quantitative estimate of drug-likeness (QED) is 0.164. The van der Waals surface area contributed by atoms with Gasteiger partial charge in [-0.25, -0.2) is 0 Å². The van der Waals surface area contributed by atoms with Crippen molar-refractivity contribution in [3.8, 4) is 0 Å². The third-order valence-electron chi connectivity index (χ3n) is 6.04. The Balaban J connectivity index is 2.27. The van der Waals surface area contributed by atoms with Crippen LogP contribution in [0, 0.1) is 23.7 Å². The summed E-state index contributed by atoms with van der Waals surface area (Å²) in [6.07, 6.45) is 13.5. The van der Waals surface area contributed by atoms with Gasteiger partial charge in [0.2, 0.25) is 0 Å². The van der Waals surface area contributed by atoms with E-state index in [1.807, 2.05) is 0 Å². The fraction of sp³-hybridized carbons (Fsp3) is 0.727. The molecule has 1 rings (SSSR count). The molecular formula is C22H34O8. The zero-order chi connectivity index (χ0) is 22.5. The third kappa shape index (κ3) is 9.41. The van der Waals surface area contributed by atoms with Crippen LogP contribution in [-0.2, 0) is 19.2 Å². The van der Waals surface area contributed by atoms with Crippen LogP contribution in [0.1, 0.15) is 77.0 Å². The van der Waals surface area contributed by atoms with E-state index < -0.39 is 35.7 Å². The standard InChI is InChI=1S/C22H34O8/c23-19(24)17(20(25)26)13-5-1-3-9-15-11-7-8-12-16(15)10-4-2-6-14-18(21(27)28)22(29)30/h7-8,15-18H,1-6,9-14H2,(H,23,24)(H,25,26)(H,27,28)(H,29,30). The van der Waals surface area contributed by atoms with E-state index in [-0.39, 0.29) is 12.8 Å². The van der Waals surface area contributed by atoms with Gasteiger partial charge in [0.25, 0.3) is 0 Å². The van der Waals surface area contributed by atoms with E-state index in [4.69, 9.17) is 20.4 Å². The number of carboxylic acids is 4. The molecule has 0 saturated heterocycles. The SMILES string of the molecule is O=C(O)C(CCCCCC1CC=CCC1CCCCCC(C(=O)O)C(=O)O)C(=O)O. The predicted molar refractivity (Wildman–Crippen MR) is 109 cm³/mol. The molecule has 0 fully saturated rings. The zero-order valence-corrected chi connectivity index (χ0v) is 17.4. The van der Waals surface area contributed by atoms with Crippen molar-refractivity contribution >= 4 is 23.9 Å². The maximum absolute atomic E-state index is 10.9. The largest absolute Gasteiger partial charge is 0.481 e. The van der Waals surface area contributed by atoms with Crippen LogP contribution in [0.25, 0.3) is 0 Å². The molecule has 0 amide bonds. The number of hydrogen-bond acceptors (Lipinski definition) is 4. The van der Waals surface area contributed by atoms with Gasteiger partial charge in [-0.05, 0) is 50.4 Å². The molecule has 30 heavy (non-hydrogen) atoms. The van der Waals surface area contributed by atoms with Crippen LogP contribution in [0.3, 0.4) is 0 Å². The molecule has 8 nitrogen and oxygen atoms in total. The summed E-state index contributed by atoms with van der Waals surface area (Å²) in [7, 11) is 0. The molecule has 0 aromatic rings. The van der Waals surface area contributed by atoms with Crippen molar-refractivity contribution < 1.29 is 39.6 Å². The molecule has 1 aliphatic carbocycles. The van der Waals surface area contributed by atoms with Crippen molar-refractivity contribution in [3.63, 3.8) is 0 Å². The van der Waals surface area contributed by atoms with Crippen LogP contribution in [-0.4, -0.2) is 44.3 Å². The summed E-state index contributed by atoms with van der Waals surface area (Å²) in [5.74, 6) is -6.66. The van der Waals surface area contributed by atoms with Crippen molar-refractivity contribution in [2.75, 3.05) is 0 Å². The van der Waals surface area contributed by atoms with Crippen molar-refractivity contribution in [1.29, 1.82) is 0 Å². The molecule has 1 aliphatic rings. The maximum atomic E-state index is 10.9. The highest BCUT2D eigenvalue weighted by molar-refractivity contribution is 5.93. The lowest BCUT2D eigenvalue weighted by Gasteiger charge is -2.28. The lowest BCUT2D eigenvalue weighted by atomic mass is 9.77. The molecule has 4 N–H and O–H groups in total. The summed E-state index contributed by atoms with van der Waals surface area (Å²) >= 11 is 0. The summed E-state index contributed by atoms with van der Waals surface area (Å²) in [5, 5.41) is 35.6. The smallest absolute Gasteiger partial charge is 0.317 e. The predicted octanol–water partition coefficient (Wildman–Crippen LogP) is 4.04. The average molecular weight is 427 g/mol. The van der Waals surface area contributed by atoms with Gasteiger partial charge >= 0.3 is 23.9 Å². The molecule has 0 aliphatic heterocycles. The number of aliphatic carboxylic acids is 4. The minimum atomic E-state index is -1.32. The van der Waals surface area contributed by atoms with Gasteiger partial charge in [-0.2, -0.15) is 0 Å². The van der Waals surface area contributed by atoms with E-state index in [2.05, 4.69) is 12.2 Å². The van der Waals surface area contributed by atoms with Crippen molar-refractivity contribution in [2.24, 2.45) is 23.7 Å². The Bertz CT molecular complexity index is 532. The lowest BCUT2D eigenvalue weighted by Crippen LogP contribution is -2.23. The average Bonchev–Trinajstić information content (AvgIpc) is 2.66. The number of allylic oxidation sites excluding steroid dienone is 2. The minimum Gasteiger partial charge on any atom is -0.481 e. The number of carboxylic acid groups (broad SMARTS) is 4. The number of hydrogen-bond donors (Lipinski definition) is 4. The summed E-state index contributed by atoms with van der Waals surface area (Å²) in [5.41, 5.74) is 0. The Morgan fingerprint density at radius 2 is 0.933 bits per heavy atom. The molecule has 2 unspecified atom stereocenters. The molecule has 0 spiro atoms. The molecule has 2 atom stereocenters. The molecule has 0 bridgehead atoms. The zero-order valence-electron chi connectivity index (χ0n) is 17.4. The van der Waals surface area contributed by atoms with E-state index in [9.17, 15) is 19.2 Å². The van der Waals surface area contributed by atoms with Gasteiger partial charge in [0.1, 0.15) is 0 Å². The van der Waals surface area contributed by atoms with E-state index in [1.54, 1.807) is 0 Å². The fourth-order valence-electron chi connectivity index (χ4n) is 4.20. The van der Waals surface area contributed by atoms with Crippen molar-refractivity contribution in [3.05, 3.63) is 12.2 Å². The second-order valence-corrected chi connectivity index (χ2v) is 8.20. The fourth-order valence-corrected chi connectivity index (χ4v) is 4.20. The van der Waals surface area contributed by atoms with Crippen LogP contribution < -0.4 is 0 Å². The summed E-state index contributed by atoms with van der Waals surface area (Å²) < 4.78 is 0. The third-order valence-corrected chi connectivity index (χ3v) is 6.04. The van der Waals surface area contributed by atoms with Gasteiger partial charge in [-0.15, -0.1) is 0 Å². The van der Waals surface area contributed by atoms with Crippen LogP contribution >= 0.6 is 0 Å². The second kappa shape index (κ2) is 13.8. The van der Waals surface area contributed by atoms with E-state index in [1.165, 1.54) is 0 Å². The first-order valence-electron chi connectivity index (χ1n) is 10.8. The monoisotopic (exact) mass is 426 g/mol. The van der Waals surface area contributed by atoms with Crippen LogP contribution in [0.15, 0.2) is 12.2 Å². The molecule has 8 heteroatoms. The Hall–Kier alpha value is -2.38. The van der Waals surface area contributed by atoms with Gasteiger partial charge in [0.15, 0.2) is 11.8 Å². The Kier molecular flexibility index (Phi) is 11.8. The first-order chi connectivity index (χ1) is 14.2. The number of rotatable bonds is 16. The van der Waals surface area contributed by atoms with Gasteiger partial charge in [0, 0.05) is 0 Å². The van der Waals surface area contributed by atoms with Crippen LogP contribution in [0.4, 0.5) is 0 Å². The summed E-state index contributed by atoms with van der Waals surface area (Å²) in [6.45, 7) is 0. The van der Waals surface area contributed by atoms with Gasteiger partial charge < -0.3 is 20.4 Å². The second-order valence-electron chi connectivity index (χ2n) is 8.20. The highest BCUT2D eigenvalue weighted by Crippen LogP contribution is 2.34. The summed E-state index contributed by atoms with van der Waals surface area (Å²) in [6, 6.07) is 0. The van der Waals surface area contributed by atoms with Crippen LogP contribution in [0.5, 0.6) is 0 Å². The molecule has 0 saturated carbocycles. The molecular weight excluding hydrogens is 392 g/mol. The highest BCUT2D eigenvalue weighted by Gasteiger charge is 2.26. The van der Waals surface area contributed by atoms with E-state index >= 15 is 0 Å². The van der Waals surface area contributed by atoms with Crippen LogP contribution in [0.2, 0.25) is 0 Å². The van der Waals surface area contributed by atoms with Crippen molar-refractivity contribution in [2.45, 2.75) is 77.0 Å². The Labute approximate surface area is 177 Å². The lowest BCUT2D eigenvalue weighted by molar-refractivity contribution is -0.156. The highest BCUT2D eigenvalue weighted by atomic mass is 16.4. The van der Waals surface area contributed by atoms with Crippen molar-refractivity contribution in [1.82, 2.24) is 0 Å². The maximum Gasteiger partial charge on any atom is 0.317 e. The molecule has 0 aromatic carbocycles. The Morgan fingerprint density at radius 3 is 1.23 bits per heavy atom.